The molecule has 0 spiro atoms. The molecule has 0 saturated carbocycles. The molecule has 6 nitrogen and oxygen atoms in total. The van der Waals surface area contributed by atoms with Gasteiger partial charge in [0.15, 0.2) is 5.16 Å². The molecule has 0 fully saturated rings. The minimum atomic E-state index is -0.299. The molecule has 4 aromatic rings. The number of nitrogens with one attached hydrogen (secondary N) is 1. The maximum absolute atomic E-state index is 13.5. The molecule has 0 radical (unpaired) electrons. The molecule has 0 saturated heterocycles. The van der Waals surface area contributed by atoms with Gasteiger partial charge in [-0.05, 0) is 48.4 Å². The first-order chi connectivity index (χ1) is 15.6. The van der Waals surface area contributed by atoms with Crippen molar-refractivity contribution in [3.8, 4) is 0 Å². The van der Waals surface area contributed by atoms with Crippen molar-refractivity contribution >= 4 is 28.6 Å². The Balaban J connectivity index is 1.47. The van der Waals surface area contributed by atoms with Gasteiger partial charge in [0.2, 0.25) is 5.91 Å². The standard InChI is InChI=1S/C24H22FN3O3S/c25-18-7-3-6-17(14-18)16-32-24-27-21-10-2-1-9-20(21)23(30)28(24)12-4-11-22(29)26-15-19-8-5-13-31-19/h1-3,5-10,13-14H,4,11-12,15-16H2,(H,26,29). The Morgan fingerprint density at radius 2 is 2.00 bits per heavy atom. The quantitative estimate of drug-likeness (QED) is 0.299. The predicted octanol–water partition coefficient (Wildman–Crippen LogP) is 4.52. The van der Waals surface area contributed by atoms with Gasteiger partial charge < -0.3 is 9.73 Å². The van der Waals surface area contributed by atoms with Crippen LogP contribution in [0.4, 0.5) is 4.39 Å². The van der Waals surface area contributed by atoms with Crippen LogP contribution in [0.2, 0.25) is 0 Å². The number of furan rings is 1. The maximum Gasteiger partial charge on any atom is 0.262 e. The third kappa shape index (κ3) is 5.45. The second-order valence-corrected chi connectivity index (χ2v) is 8.19. The van der Waals surface area contributed by atoms with E-state index in [0.29, 0.717) is 47.1 Å². The molecule has 2 heterocycles. The predicted molar refractivity (Wildman–Crippen MR) is 122 cm³/mol. The van der Waals surface area contributed by atoms with E-state index in [1.54, 1.807) is 47.2 Å². The number of para-hydroxylation sites is 1. The molecule has 8 heteroatoms. The van der Waals surface area contributed by atoms with Crippen LogP contribution in [-0.4, -0.2) is 15.5 Å². The average Bonchev–Trinajstić information content (AvgIpc) is 3.32. The van der Waals surface area contributed by atoms with E-state index >= 15 is 0 Å². The molecule has 32 heavy (non-hydrogen) atoms. The number of amides is 1. The monoisotopic (exact) mass is 451 g/mol. The van der Waals surface area contributed by atoms with Crippen molar-refractivity contribution in [2.45, 2.75) is 36.8 Å². The first-order valence-corrected chi connectivity index (χ1v) is 11.2. The van der Waals surface area contributed by atoms with Crippen molar-refractivity contribution in [3.05, 3.63) is 94.4 Å². The number of thioether (sulfide) groups is 1. The molecular weight excluding hydrogens is 429 g/mol. The highest BCUT2D eigenvalue weighted by Gasteiger charge is 2.13. The summed E-state index contributed by atoms with van der Waals surface area (Å²) in [6, 6.07) is 17.1. The molecule has 0 bridgehead atoms. The van der Waals surface area contributed by atoms with Gasteiger partial charge in [0.05, 0.1) is 23.7 Å². The van der Waals surface area contributed by atoms with Crippen LogP contribution in [-0.2, 0) is 23.6 Å². The SMILES string of the molecule is O=C(CCCn1c(SCc2cccc(F)c2)nc2ccccc2c1=O)NCc1ccco1. The zero-order chi connectivity index (χ0) is 22.3. The molecule has 2 aromatic heterocycles. The van der Waals surface area contributed by atoms with E-state index in [0.717, 1.165) is 5.56 Å². The summed E-state index contributed by atoms with van der Waals surface area (Å²) in [6.45, 7) is 0.689. The Hall–Kier alpha value is -3.39. The summed E-state index contributed by atoms with van der Waals surface area (Å²) in [5.41, 5.74) is 1.28. The van der Waals surface area contributed by atoms with Gasteiger partial charge in [0.1, 0.15) is 11.6 Å². The van der Waals surface area contributed by atoms with Gasteiger partial charge >= 0.3 is 0 Å². The number of nitrogens with zero attached hydrogens (tertiary/aromatic N) is 2. The first-order valence-electron chi connectivity index (χ1n) is 10.3. The van der Waals surface area contributed by atoms with Crippen molar-refractivity contribution in [2.75, 3.05) is 0 Å². The van der Waals surface area contributed by atoms with Crippen molar-refractivity contribution in [2.24, 2.45) is 0 Å². The summed E-state index contributed by atoms with van der Waals surface area (Å²) >= 11 is 1.38. The van der Waals surface area contributed by atoms with Gasteiger partial charge in [0, 0.05) is 18.7 Å². The number of carbonyl (C=O) groups is 1. The Labute approximate surface area is 188 Å². The highest BCUT2D eigenvalue weighted by atomic mass is 32.2. The number of halogens is 1. The molecule has 0 unspecified atom stereocenters. The zero-order valence-corrected chi connectivity index (χ0v) is 18.1. The van der Waals surface area contributed by atoms with Crippen LogP contribution in [0.5, 0.6) is 0 Å². The van der Waals surface area contributed by atoms with E-state index < -0.39 is 0 Å². The fourth-order valence-corrected chi connectivity index (χ4v) is 4.28. The highest BCUT2D eigenvalue weighted by molar-refractivity contribution is 7.98. The van der Waals surface area contributed by atoms with E-state index in [1.807, 2.05) is 12.1 Å². The number of carbonyl (C=O) groups excluding carboxylic acids is 1. The number of benzene rings is 2. The van der Waals surface area contributed by atoms with Gasteiger partial charge in [0.25, 0.3) is 5.56 Å². The van der Waals surface area contributed by atoms with Gasteiger partial charge in [-0.3, -0.25) is 14.2 Å². The largest absolute Gasteiger partial charge is 0.467 e. The van der Waals surface area contributed by atoms with Crippen LogP contribution in [0.1, 0.15) is 24.2 Å². The third-order valence-electron chi connectivity index (χ3n) is 4.91. The number of fused-ring (bicyclic) bond motifs is 1. The van der Waals surface area contributed by atoms with Crippen LogP contribution in [0.25, 0.3) is 10.9 Å². The minimum absolute atomic E-state index is 0.114. The number of hydrogen-bond donors (Lipinski definition) is 1. The number of rotatable bonds is 9. The van der Waals surface area contributed by atoms with Crippen LogP contribution in [0.3, 0.4) is 0 Å². The maximum atomic E-state index is 13.5. The van der Waals surface area contributed by atoms with Crippen LogP contribution in [0.15, 0.2) is 81.3 Å². The second-order valence-electron chi connectivity index (χ2n) is 7.25. The molecular formula is C24H22FN3O3S. The second kappa shape index (κ2) is 10.3. The summed E-state index contributed by atoms with van der Waals surface area (Å²) in [5.74, 6) is 0.751. The Kier molecular flexibility index (Phi) is 7.01. The topological polar surface area (TPSA) is 77.1 Å². The van der Waals surface area contributed by atoms with E-state index in [2.05, 4.69) is 10.3 Å². The Morgan fingerprint density at radius 3 is 2.81 bits per heavy atom. The molecule has 0 aliphatic carbocycles. The lowest BCUT2D eigenvalue weighted by molar-refractivity contribution is -0.121. The van der Waals surface area contributed by atoms with Crippen LogP contribution >= 0.6 is 11.8 Å². The van der Waals surface area contributed by atoms with Crippen LogP contribution in [0, 0.1) is 5.82 Å². The normalized spacial score (nSPS) is 11.0. The Morgan fingerprint density at radius 1 is 1.12 bits per heavy atom. The number of hydrogen-bond acceptors (Lipinski definition) is 5. The average molecular weight is 452 g/mol. The molecule has 1 amide bonds. The molecule has 2 aromatic carbocycles. The smallest absolute Gasteiger partial charge is 0.262 e. The van der Waals surface area contributed by atoms with Gasteiger partial charge in [-0.1, -0.05) is 36.0 Å². The van der Waals surface area contributed by atoms with Gasteiger partial charge in [-0.15, -0.1) is 0 Å². The van der Waals surface area contributed by atoms with E-state index in [4.69, 9.17) is 4.42 Å². The van der Waals surface area contributed by atoms with Crippen molar-refractivity contribution in [1.29, 1.82) is 0 Å². The van der Waals surface area contributed by atoms with Crippen molar-refractivity contribution < 1.29 is 13.6 Å². The lowest BCUT2D eigenvalue weighted by Gasteiger charge is -2.13. The molecule has 0 atom stereocenters. The lowest BCUT2D eigenvalue weighted by atomic mass is 10.2. The summed E-state index contributed by atoms with van der Waals surface area (Å²) in [4.78, 5) is 29.9. The van der Waals surface area contributed by atoms with E-state index in [-0.39, 0.29) is 23.7 Å². The fraction of sp³-hybridized carbons (Fsp3) is 0.208. The fourth-order valence-electron chi connectivity index (χ4n) is 3.31. The van der Waals surface area contributed by atoms with Crippen molar-refractivity contribution in [1.82, 2.24) is 14.9 Å². The van der Waals surface area contributed by atoms with E-state index in [9.17, 15) is 14.0 Å². The third-order valence-corrected chi connectivity index (χ3v) is 5.96. The Bertz CT molecular complexity index is 1270. The molecule has 164 valence electrons. The highest BCUT2D eigenvalue weighted by Crippen LogP contribution is 2.23. The van der Waals surface area contributed by atoms with E-state index in [1.165, 1.54) is 23.9 Å². The first kappa shape index (κ1) is 21.8. The molecule has 1 N–H and O–H groups in total. The number of aromatic nitrogens is 2. The van der Waals surface area contributed by atoms with Gasteiger partial charge in [-0.25, -0.2) is 9.37 Å². The molecule has 0 aliphatic rings. The lowest BCUT2D eigenvalue weighted by Crippen LogP contribution is -2.26. The summed E-state index contributed by atoms with van der Waals surface area (Å²) in [5, 5.41) is 3.89. The van der Waals surface area contributed by atoms with Crippen molar-refractivity contribution in [3.63, 3.8) is 0 Å². The molecule has 4 rings (SSSR count). The zero-order valence-electron chi connectivity index (χ0n) is 17.3. The minimum Gasteiger partial charge on any atom is -0.467 e. The van der Waals surface area contributed by atoms with Gasteiger partial charge in [-0.2, -0.15) is 0 Å². The molecule has 0 aliphatic heterocycles. The van der Waals surface area contributed by atoms with Crippen LogP contribution < -0.4 is 10.9 Å². The summed E-state index contributed by atoms with van der Waals surface area (Å²) in [6.07, 6.45) is 2.31. The summed E-state index contributed by atoms with van der Waals surface area (Å²) in [7, 11) is 0. The summed E-state index contributed by atoms with van der Waals surface area (Å²) < 4.78 is 20.3.